The van der Waals surface area contributed by atoms with Crippen molar-refractivity contribution in [3.63, 3.8) is 0 Å². The number of ether oxygens (including phenoxy) is 1. The van der Waals surface area contributed by atoms with Crippen LogP contribution >= 0.6 is 0 Å². The Balaban J connectivity index is 2.90. The van der Waals surface area contributed by atoms with E-state index in [4.69, 9.17) is 10.5 Å². The highest BCUT2D eigenvalue weighted by Crippen LogP contribution is 2.27. The lowest BCUT2D eigenvalue weighted by atomic mass is 10.1. The summed E-state index contributed by atoms with van der Waals surface area (Å²) >= 11 is 0. The molecular weight excluding hydrogens is 270 g/mol. The fourth-order valence-electron chi connectivity index (χ4n) is 1.78. The van der Waals surface area contributed by atoms with Crippen molar-refractivity contribution in [3.8, 4) is 5.75 Å². The van der Waals surface area contributed by atoms with Gasteiger partial charge in [-0.15, -0.1) is 0 Å². The second-order valence-electron chi connectivity index (χ2n) is 5.14. The summed E-state index contributed by atoms with van der Waals surface area (Å²) in [6, 6.07) is 5.10. The molecule has 4 N–H and O–H groups in total. The molecule has 116 valence electrons. The number of hydrogen-bond donors (Lipinski definition) is 3. The highest BCUT2D eigenvalue weighted by Gasteiger charge is 2.11. The summed E-state index contributed by atoms with van der Waals surface area (Å²) in [5.74, 6) is 0.563. The Labute approximate surface area is 125 Å². The van der Waals surface area contributed by atoms with Crippen molar-refractivity contribution in [2.45, 2.75) is 26.7 Å². The number of nitrogens with one attached hydrogen (secondary N) is 2. The van der Waals surface area contributed by atoms with Gasteiger partial charge >= 0.3 is 0 Å². The van der Waals surface area contributed by atoms with E-state index >= 15 is 0 Å². The van der Waals surface area contributed by atoms with Crippen molar-refractivity contribution in [2.75, 3.05) is 24.3 Å². The van der Waals surface area contributed by atoms with E-state index in [0.717, 1.165) is 0 Å². The van der Waals surface area contributed by atoms with E-state index in [0.29, 0.717) is 23.5 Å². The molecule has 6 nitrogen and oxygen atoms in total. The van der Waals surface area contributed by atoms with Crippen LogP contribution in [0.5, 0.6) is 5.75 Å². The lowest BCUT2D eigenvalue weighted by molar-refractivity contribution is -0.117. The van der Waals surface area contributed by atoms with Crippen LogP contribution in [0.1, 0.15) is 26.7 Å². The number of rotatable bonds is 7. The third kappa shape index (κ3) is 5.83. The quantitative estimate of drug-likeness (QED) is 0.716. The first-order chi connectivity index (χ1) is 9.96. The van der Waals surface area contributed by atoms with Gasteiger partial charge in [0, 0.05) is 25.5 Å². The Morgan fingerprint density at radius 3 is 2.43 bits per heavy atom. The van der Waals surface area contributed by atoms with E-state index in [1.165, 1.54) is 7.11 Å². The minimum absolute atomic E-state index is 0.0931. The Morgan fingerprint density at radius 2 is 1.86 bits per heavy atom. The number of carbonyl (C=O) groups is 2. The molecule has 2 amide bonds. The molecular formula is C15H23N3O3. The average Bonchev–Trinajstić information content (AvgIpc) is 2.40. The van der Waals surface area contributed by atoms with Crippen LogP contribution in [0.4, 0.5) is 11.4 Å². The third-order valence-corrected chi connectivity index (χ3v) is 2.74. The van der Waals surface area contributed by atoms with Crippen molar-refractivity contribution >= 4 is 23.2 Å². The van der Waals surface area contributed by atoms with Crippen LogP contribution in [0.2, 0.25) is 0 Å². The maximum atomic E-state index is 11.9. The number of nitrogens with two attached hydrogens (primary N) is 1. The molecule has 0 aromatic heterocycles. The Hall–Kier alpha value is -2.08. The number of anilines is 2. The van der Waals surface area contributed by atoms with E-state index in [2.05, 4.69) is 10.6 Å². The first-order valence-electron chi connectivity index (χ1n) is 6.94. The molecule has 0 fully saturated rings. The Bertz CT molecular complexity index is 501. The fourth-order valence-corrected chi connectivity index (χ4v) is 1.78. The van der Waals surface area contributed by atoms with Gasteiger partial charge in [0.1, 0.15) is 5.75 Å². The second kappa shape index (κ2) is 8.26. The zero-order valence-electron chi connectivity index (χ0n) is 12.7. The summed E-state index contributed by atoms with van der Waals surface area (Å²) in [6.07, 6.45) is 0.638. The molecule has 0 unspecified atom stereocenters. The van der Waals surface area contributed by atoms with Gasteiger partial charge in [-0.25, -0.2) is 0 Å². The molecule has 0 aliphatic heterocycles. The highest BCUT2D eigenvalue weighted by atomic mass is 16.5. The van der Waals surface area contributed by atoms with E-state index in [9.17, 15) is 9.59 Å². The van der Waals surface area contributed by atoms with Crippen LogP contribution in [0, 0.1) is 5.92 Å². The monoisotopic (exact) mass is 293 g/mol. The van der Waals surface area contributed by atoms with Crippen LogP contribution in [0.25, 0.3) is 0 Å². The SMILES string of the molecule is COc1ccc(NC(=O)CC(C)C)c(NC(=O)CCN)c1. The van der Waals surface area contributed by atoms with Gasteiger partial charge in [-0.1, -0.05) is 13.8 Å². The molecule has 0 saturated heterocycles. The van der Waals surface area contributed by atoms with Gasteiger partial charge in [0.05, 0.1) is 18.5 Å². The number of benzene rings is 1. The van der Waals surface area contributed by atoms with Crippen LogP contribution in [0.3, 0.4) is 0 Å². The van der Waals surface area contributed by atoms with Crippen LogP contribution in [-0.4, -0.2) is 25.5 Å². The molecule has 0 aliphatic carbocycles. The highest BCUT2D eigenvalue weighted by molar-refractivity contribution is 5.99. The number of amides is 2. The van der Waals surface area contributed by atoms with E-state index in [1.807, 2.05) is 13.8 Å². The summed E-state index contributed by atoms with van der Waals surface area (Å²) in [6.45, 7) is 4.21. The molecule has 0 bridgehead atoms. The summed E-state index contributed by atoms with van der Waals surface area (Å²) in [4.78, 5) is 23.5. The molecule has 0 heterocycles. The molecule has 1 aromatic carbocycles. The first kappa shape index (κ1) is 17.0. The number of carbonyl (C=O) groups excluding carboxylic acids is 2. The minimum Gasteiger partial charge on any atom is -0.497 e. The number of hydrogen-bond acceptors (Lipinski definition) is 4. The molecule has 0 spiro atoms. The third-order valence-electron chi connectivity index (χ3n) is 2.74. The van der Waals surface area contributed by atoms with Crippen molar-refractivity contribution in [1.29, 1.82) is 0 Å². The van der Waals surface area contributed by atoms with Crippen molar-refractivity contribution in [2.24, 2.45) is 11.7 Å². The standard InChI is InChI=1S/C15H23N3O3/c1-10(2)8-15(20)17-12-5-4-11(21-3)9-13(12)18-14(19)6-7-16/h4-5,9-10H,6-8,16H2,1-3H3,(H,17,20)(H,18,19). The average molecular weight is 293 g/mol. The zero-order valence-corrected chi connectivity index (χ0v) is 12.7. The summed E-state index contributed by atoms with van der Waals surface area (Å²) in [5.41, 5.74) is 6.41. The molecule has 21 heavy (non-hydrogen) atoms. The lowest BCUT2D eigenvalue weighted by Crippen LogP contribution is -2.19. The zero-order chi connectivity index (χ0) is 15.8. The molecule has 1 rings (SSSR count). The summed E-state index contributed by atoms with van der Waals surface area (Å²) in [7, 11) is 1.54. The topological polar surface area (TPSA) is 93.5 Å². The molecule has 0 atom stereocenters. The smallest absolute Gasteiger partial charge is 0.225 e. The normalized spacial score (nSPS) is 10.3. The molecule has 0 aliphatic rings. The van der Waals surface area contributed by atoms with Gasteiger partial charge in [0.25, 0.3) is 0 Å². The van der Waals surface area contributed by atoms with Crippen LogP contribution < -0.4 is 21.1 Å². The van der Waals surface area contributed by atoms with Gasteiger partial charge < -0.3 is 21.1 Å². The Morgan fingerprint density at radius 1 is 1.19 bits per heavy atom. The molecule has 0 saturated carbocycles. The van der Waals surface area contributed by atoms with E-state index in [-0.39, 0.29) is 30.7 Å². The predicted octanol–water partition coefficient (Wildman–Crippen LogP) is 1.97. The maximum absolute atomic E-state index is 11.9. The first-order valence-corrected chi connectivity index (χ1v) is 6.94. The molecule has 1 aromatic rings. The predicted molar refractivity (Wildman–Crippen MR) is 83.4 cm³/mol. The summed E-state index contributed by atoms with van der Waals surface area (Å²) < 4.78 is 5.13. The lowest BCUT2D eigenvalue weighted by Gasteiger charge is -2.14. The second-order valence-corrected chi connectivity index (χ2v) is 5.14. The Kier molecular flexibility index (Phi) is 6.68. The van der Waals surface area contributed by atoms with E-state index < -0.39 is 0 Å². The van der Waals surface area contributed by atoms with Crippen LogP contribution in [0.15, 0.2) is 18.2 Å². The van der Waals surface area contributed by atoms with E-state index in [1.54, 1.807) is 18.2 Å². The van der Waals surface area contributed by atoms with Crippen molar-refractivity contribution < 1.29 is 14.3 Å². The summed E-state index contributed by atoms with van der Waals surface area (Å²) in [5, 5.41) is 5.53. The minimum atomic E-state index is -0.204. The van der Waals surface area contributed by atoms with Gasteiger partial charge in [-0.3, -0.25) is 9.59 Å². The van der Waals surface area contributed by atoms with Gasteiger partial charge in [0.2, 0.25) is 11.8 Å². The molecule has 0 radical (unpaired) electrons. The molecule has 6 heteroatoms. The fraction of sp³-hybridized carbons (Fsp3) is 0.467. The van der Waals surface area contributed by atoms with Crippen molar-refractivity contribution in [1.82, 2.24) is 0 Å². The van der Waals surface area contributed by atoms with Crippen LogP contribution in [-0.2, 0) is 9.59 Å². The van der Waals surface area contributed by atoms with Gasteiger partial charge in [-0.05, 0) is 18.1 Å². The van der Waals surface area contributed by atoms with Gasteiger partial charge in [0.15, 0.2) is 0 Å². The number of methoxy groups -OCH3 is 1. The maximum Gasteiger partial charge on any atom is 0.225 e. The largest absolute Gasteiger partial charge is 0.497 e. The van der Waals surface area contributed by atoms with Crippen molar-refractivity contribution in [3.05, 3.63) is 18.2 Å². The van der Waals surface area contributed by atoms with Gasteiger partial charge in [-0.2, -0.15) is 0 Å².